The number of rotatable bonds is 1. The lowest BCUT2D eigenvalue weighted by Gasteiger charge is -1.91. The van der Waals surface area contributed by atoms with Crippen molar-refractivity contribution in [3.05, 3.63) is 24.0 Å². The van der Waals surface area contributed by atoms with Crippen LogP contribution in [0, 0.1) is 0 Å². The number of fused-ring (bicyclic) bond motifs is 1. The van der Waals surface area contributed by atoms with E-state index >= 15 is 0 Å². The second kappa shape index (κ2) is 2.48. The zero-order valence-electron chi connectivity index (χ0n) is 6.24. The molecule has 2 radical (unpaired) electrons. The molecule has 0 atom stereocenters. The van der Waals surface area contributed by atoms with E-state index in [4.69, 9.17) is 7.85 Å². The average Bonchev–Trinajstić information content (AvgIpc) is 2.46. The van der Waals surface area contributed by atoms with Crippen LogP contribution in [0.15, 0.2) is 18.5 Å². The number of carbonyl (C=O) groups is 1. The van der Waals surface area contributed by atoms with Gasteiger partial charge in [0.1, 0.15) is 13.5 Å². The number of aromatic amines is 1. The Morgan fingerprint density at radius 2 is 2.42 bits per heavy atom. The van der Waals surface area contributed by atoms with E-state index in [-0.39, 0.29) is 0 Å². The first-order valence-electron chi connectivity index (χ1n) is 3.49. The highest BCUT2D eigenvalue weighted by molar-refractivity contribution is 6.33. The first-order chi connectivity index (χ1) is 5.81. The summed E-state index contributed by atoms with van der Waals surface area (Å²) >= 11 is 0. The molecule has 3 nitrogen and oxygen atoms in total. The minimum Gasteiger partial charge on any atom is -0.345 e. The van der Waals surface area contributed by atoms with Crippen LogP contribution in [0.3, 0.4) is 0 Å². The second-order valence-corrected chi connectivity index (χ2v) is 2.53. The Balaban J connectivity index is 2.83. The summed E-state index contributed by atoms with van der Waals surface area (Å²) in [6, 6.07) is 1.72. The van der Waals surface area contributed by atoms with E-state index in [1.807, 2.05) is 0 Å². The molecule has 1 N–H and O–H groups in total. The zero-order chi connectivity index (χ0) is 8.55. The van der Waals surface area contributed by atoms with E-state index in [1.54, 1.807) is 18.5 Å². The maximum atomic E-state index is 10.5. The molecule has 0 aromatic carbocycles. The number of H-pyrrole nitrogens is 1. The highest BCUT2D eigenvalue weighted by Gasteiger charge is 2.02. The van der Waals surface area contributed by atoms with Gasteiger partial charge in [0.25, 0.3) is 0 Å². The van der Waals surface area contributed by atoms with Gasteiger partial charge in [-0.2, -0.15) is 0 Å². The summed E-state index contributed by atoms with van der Waals surface area (Å²) in [4.78, 5) is 17.4. The molecule has 0 saturated carbocycles. The Morgan fingerprint density at radius 3 is 3.17 bits per heavy atom. The van der Waals surface area contributed by atoms with Gasteiger partial charge in [0.2, 0.25) is 0 Å². The summed E-state index contributed by atoms with van der Waals surface area (Å²) in [6.07, 6.45) is 3.94. The Hall–Kier alpha value is -1.58. The van der Waals surface area contributed by atoms with Gasteiger partial charge in [-0.05, 0) is 0 Å². The molecule has 0 aliphatic heterocycles. The highest BCUT2D eigenvalue weighted by atomic mass is 16.1. The van der Waals surface area contributed by atoms with Gasteiger partial charge in [-0.3, -0.25) is 4.79 Å². The van der Waals surface area contributed by atoms with E-state index in [9.17, 15) is 4.79 Å². The molecule has 0 amide bonds. The number of nitrogens with one attached hydrogen (secondary N) is 1. The van der Waals surface area contributed by atoms with Crippen molar-refractivity contribution in [2.45, 2.75) is 0 Å². The maximum absolute atomic E-state index is 10.5. The fraction of sp³-hybridized carbons (Fsp3) is 0. The number of pyridine rings is 1. The monoisotopic (exact) mass is 156 g/mol. The smallest absolute Gasteiger partial charge is 0.152 e. The van der Waals surface area contributed by atoms with E-state index in [0.717, 1.165) is 11.7 Å². The summed E-state index contributed by atoms with van der Waals surface area (Å²) in [5.74, 6) is 0. The molecule has 2 aromatic heterocycles. The first-order valence-corrected chi connectivity index (χ1v) is 3.49. The van der Waals surface area contributed by atoms with Crippen molar-refractivity contribution in [2.75, 3.05) is 0 Å². The predicted octanol–water partition coefficient (Wildman–Crippen LogP) is 0.169. The molecular weight excluding hydrogens is 151 g/mol. The third-order valence-corrected chi connectivity index (χ3v) is 1.71. The van der Waals surface area contributed by atoms with Crippen LogP contribution in [0.2, 0.25) is 0 Å². The van der Waals surface area contributed by atoms with Gasteiger partial charge in [-0.1, -0.05) is 11.5 Å². The number of aldehydes is 1. The van der Waals surface area contributed by atoms with Crippen molar-refractivity contribution in [3.63, 3.8) is 0 Å². The fourth-order valence-electron chi connectivity index (χ4n) is 1.14. The van der Waals surface area contributed by atoms with E-state index in [2.05, 4.69) is 9.97 Å². The van der Waals surface area contributed by atoms with E-state index in [1.165, 1.54) is 0 Å². The molecule has 12 heavy (non-hydrogen) atoms. The molecule has 2 aromatic rings. The van der Waals surface area contributed by atoms with Gasteiger partial charge < -0.3 is 4.98 Å². The van der Waals surface area contributed by atoms with Gasteiger partial charge in [0.05, 0.1) is 0 Å². The summed E-state index contributed by atoms with van der Waals surface area (Å²) in [6.45, 7) is 0. The van der Waals surface area contributed by atoms with Crippen LogP contribution in [0.4, 0.5) is 0 Å². The topological polar surface area (TPSA) is 45.8 Å². The Morgan fingerprint density at radius 1 is 1.58 bits per heavy atom. The molecule has 0 unspecified atom stereocenters. The quantitative estimate of drug-likeness (QED) is 0.472. The Bertz CT molecular complexity index is 436. The van der Waals surface area contributed by atoms with Crippen LogP contribution in [0.5, 0.6) is 0 Å². The van der Waals surface area contributed by atoms with Crippen LogP contribution >= 0.6 is 0 Å². The van der Waals surface area contributed by atoms with Gasteiger partial charge in [-0.25, -0.2) is 4.98 Å². The second-order valence-electron chi connectivity index (χ2n) is 2.53. The summed E-state index contributed by atoms with van der Waals surface area (Å²) in [5.41, 5.74) is 1.83. The largest absolute Gasteiger partial charge is 0.345 e. The number of carbonyl (C=O) groups excluding carboxylic acids is 1. The van der Waals surface area contributed by atoms with Crippen LogP contribution in [0.25, 0.3) is 11.0 Å². The standard InChI is InChI=1S/C8H5BN2O/c9-6-1-7-5(4-12)2-10-8(7)11-3-6/h1-4H,(H,10,11). The SMILES string of the molecule is [B]c1cnc2[nH]cc(C=O)c2c1. The lowest BCUT2D eigenvalue weighted by Crippen LogP contribution is -2.01. The van der Waals surface area contributed by atoms with Crippen molar-refractivity contribution in [3.8, 4) is 0 Å². The minimum atomic E-state index is 0.560. The molecule has 2 heterocycles. The average molecular weight is 156 g/mol. The summed E-state index contributed by atoms with van der Waals surface area (Å²) < 4.78 is 0. The molecule has 0 fully saturated rings. The third kappa shape index (κ3) is 0.924. The number of hydrogen-bond acceptors (Lipinski definition) is 2. The molecular formula is C8H5BN2O. The van der Waals surface area contributed by atoms with Gasteiger partial charge in [0, 0.05) is 23.3 Å². The molecule has 0 aliphatic carbocycles. The minimum absolute atomic E-state index is 0.560. The fourth-order valence-corrected chi connectivity index (χ4v) is 1.14. The highest BCUT2D eigenvalue weighted by Crippen LogP contribution is 2.11. The Kier molecular flexibility index (Phi) is 1.47. The molecule has 0 saturated heterocycles. The van der Waals surface area contributed by atoms with Crippen molar-refractivity contribution >= 4 is 30.6 Å². The van der Waals surface area contributed by atoms with Gasteiger partial charge in [-0.15, -0.1) is 0 Å². The normalized spacial score (nSPS) is 10.3. The zero-order valence-corrected chi connectivity index (χ0v) is 6.24. The molecule has 0 aliphatic rings. The van der Waals surface area contributed by atoms with E-state index < -0.39 is 0 Å². The van der Waals surface area contributed by atoms with Crippen LogP contribution in [-0.4, -0.2) is 24.1 Å². The van der Waals surface area contributed by atoms with Crippen LogP contribution in [0.1, 0.15) is 10.4 Å². The molecule has 0 spiro atoms. The first kappa shape index (κ1) is 7.09. The number of hydrogen-bond donors (Lipinski definition) is 1. The number of aromatic nitrogens is 2. The molecule has 56 valence electrons. The lowest BCUT2D eigenvalue weighted by atomic mass is 9.97. The predicted molar refractivity (Wildman–Crippen MR) is 46.9 cm³/mol. The molecule has 2 rings (SSSR count). The maximum Gasteiger partial charge on any atom is 0.152 e. The molecule has 0 bridgehead atoms. The van der Waals surface area contributed by atoms with E-state index in [0.29, 0.717) is 16.7 Å². The van der Waals surface area contributed by atoms with Gasteiger partial charge in [0.15, 0.2) is 6.29 Å². The van der Waals surface area contributed by atoms with Crippen LogP contribution < -0.4 is 5.46 Å². The van der Waals surface area contributed by atoms with Crippen molar-refractivity contribution in [2.24, 2.45) is 0 Å². The lowest BCUT2D eigenvalue weighted by molar-refractivity contribution is 0.112. The summed E-state index contributed by atoms with van der Waals surface area (Å²) in [5, 5.41) is 0.769. The summed E-state index contributed by atoms with van der Waals surface area (Å²) in [7, 11) is 5.51. The van der Waals surface area contributed by atoms with Crippen molar-refractivity contribution < 1.29 is 4.79 Å². The van der Waals surface area contributed by atoms with Crippen molar-refractivity contribution in [1.82, 2.24) is 9.97 Å². The third-order valence-electron chi connectivity index (χ3n) is 1.71. The Labute approximate surface area is 70.2 Å². The van der Waals surface area contributed by atoms with Crippen molar-refractivity contribution in [1.29, 1.82) is 0 Å². The number of nitrogens with zero attached hydrogens (tertiary/aromatic N) is 1. The van der Waals surface area contributed by atoms with Crippen LogP contribution in [-0.2, 0) is 0 Å². The molecule has 4 heteroatoms. The van der Waals surface area contributed by atoms with Gasteiger partial charge >= 0.3 is 0 Å².